The van der Waals surface area contributed by atoms with Crippen LogP contribution >= 0.6 is 11.6 Å². The number of aryl methyl sites for hydroxylation is 2. The van der Waals surface area contributed by atoms with Gasteiger partial charge in [0.1, 0.15) is 5.75 Å². The van der Waals surface area contributed by atoms with Crippen molar-refractivity contribution in [2.24, 2.45) is 0 Å². The fraction of sp³-hybridized carbons (Fsp3) is 0.231. The minimum Gasteiger partial charge on any atom is -0.484 e. The van der Waals surface area contributed by atoms with Crippen LogP contribution in [0.15, 0.2) is 54.6 Å². The van der Waals surface area contributed by atoms with Gasteiger partial charge >= 0.3 is 5.97 Å². The Bertz CT molecular complexity index is 1350. The van der Waals surface area contributed by atoms with Crippen molar-refractivity contribution in [1.29, 1.82) is 0 Å². The van der Waals surface area contributed by atoms with Crippen LogP contribution < -0.4 is 10.2 Å². The monoisotopic (exact) mass is 479 g/mol. The Hall–Kier alpha value is -3.71. The van der Waals surface area contributed by atoms with Crippen molar-refractivity contribution in [1.82, 2.24) is 9.24 Å². The molecule has 0 atom stereocenters. The van der Waals surface area contributed by atoms with Crippen LogP contribution in [0, 0.1) is 20.8 Å². The molecule has 0 aliphatic rings. The van der Waals surface area contributed by atoms with E-state index in [2.05, 4.69) is 5.43 Å². The first-order valence-electron chi connectivity index (χ1n) is 11.0. The second-order valence-electron chi connectivity index (χ2n) is 7.95. The smallest absolute Gasteiger partial charge is 0.340 e. The van der Waals surface area contributed by atoms with Crippen molar-refractivity contribution in [3.8, 4) is 11.4 Å². The second kappa shape index (κ2) is 9.65. The van der Waals surface area contributed by atoms with E-state index < -0.39 is 5.97 Å². The molecule has 4 aromatic rings. The van der Waals surface area contributed by atoms with E-state index in [0.717, 1.165) is 28.3 Å². The van der Waals surface area contributed by atoms with Crippen molar-refractivity contribution in [2.75, 3.05) is 18.6 Å². The average Bonchev–Trinajstić information content (AvgIpc) is 3.28. The minimum absolute atomic E-state index is 0.172. The highest BCUT2D eigenvalue weighted by molar-refractivity contribution is 6.30. The summed E-state index contributed by atoms with van der Waals surface area (Å²) in [5.41, 5.74) is 7.54. The molecule has 0 aliphatic carbocycles. The van der Waals surface area contributed by atoms with Crippen LogP contribution in [-0.4, -0.2) is 34.3 Å². The average molecular weight is 480 g/mol. The highest BCUT2D eigenvalue weighted by Crippen LogP contribution is 2.33. The normalized spacial score (nSPS) is 11.0. The SMILES string of the molecule is CCOC(=O)c1c(C)n(-c2ccc(Cl)cc2)c2ccc(OCC(=O)Nn3c(C)ccc3C)cc12. The zero-order chi connectivity index (χ0) is 24.4. The number of hydrogen-bond acceptors (Lipinski definition) is 4. The third kappa shape index (κ3) is 4.52. The highest BCUT2D eigenvalue weighted by atomic mass is 35.5. The first kappa shape index (κ1) is 23.4. The van der Waals surface area contributed by atoms with Gasteiger partial charge in [-0.25, -0.2) is 4.79 Å². The zero-order valence-corrected chi connectivity index (χ0v) is 20.3. The minimum atomic E-state index is -0.411. The number of nitrogens with one attached hydrogen (secondary N) is 1. The molecule has 2 heterocycles. The number of esters is 1. The predicted molar refractivity (Wildman–Crippen MR) is 133 cm³/mol. The molecular formula is C26H26ClN3O4. The van der Waals surface area contributed by atoms with Gasteiger partial charge in [0.25, 0.3) is 5.91 Å². The number of rotatable bonds is 7. The number of nitrogens with zero attached hydrogens (tertiary/aromatic N) is 2. The number of amides is 1. The number of halogens is 1. The summed E-state index contributed by atoms with van der Waals surface area (Å²) in [5.74, 6) is -0.225. The maximum absolute atomic E-state index is 12.8. The first-order chi connectivity index (χ1) is 16.3. The lowest BCUT2D eigenvalue weighted by atomic mass is 10.1. The third-order valence-electron chi connectivity index (χ3n) is 5.62. The summed E-state index contributed by atoms with van der Waals surface area (Å²) in [6, 6.07) is 16.7. The largest absolute Gasteiger partial charge is 0.484 e. The van der Waals surface area contributed by atoms with E-state index in [1.165, 1.54) is 0 Å². The van der Waals surface area contributed by atoms with Gasteiger partial charge in [0, 0.05) is 33.2 Å². The van der Waals surface area contributed by atoms with Gasteiger partial charge in [0.2, 0.25) is 0 Å². The zero-order valence-electron chi connectivity index (χ0n) is 19.5. The molecule has 0 bridgehead atoms. The summed E-state index contributed by atoms with van der Waals surface area (Å²) in [4.78, 5) is 25.3. The molecule has 1 N–H and O–H groups in total. The number of hydrogen-bond donors (Lipinski definition) is 1. The molecule has 0 radical (unpaired) electrons. The molecule has 1 amide bonds. The van der Waals surface area contributed by atoms with Crippen LogP contribution in [0.2, 0.25) is 5.02 Å². The number of carbonyl (C=O) groups excluding carboxylic acids is 2. The molecule has 0 spiro atoms. The molecule has 0 saturated carbocycles. The van der Waals surface area contributed by atoms with Gasteiger partial charge in [-0.3, -0.25) is 14.9 Å². The van der Waals surface area contributed by atoms with Gasteiger partial charge in [-0.2, -0.15) is 0 Å². The van der Waals surface area contributed by atoms with Gasteiger partial charge in [-0.1, -0.05) is 11.6 Å². The van der Waals surface area contributed by atoms with Gasteiger partial charge in [-0.05, 0) is 82.3 Å². The second-order valence-corrected chi connectivity index (χ2v) is 8.38. The molecule has 0 fully saturated rings. The van der Waals surface area contributed by atoms with Crippen LogP contribution in [0.5, 0.6) is 5.75 Å². The molecule has 0 aliphatic heterocycles. The van der Waals surface area contributed by atoms with Crippen molar-refractivity contribution in [3.63, 3.8) is 0 Å². The fourth-order valence-electron chi connectivity index (χ4n) is 4.02. The third-order valence-corrected chi connectivity index (χ3v) is 5.87. The van der Waals surface area contributed by atoms with E-state index in [1.807, 2.05) is 55.7 Å². The Labute approximate surface area is 202 Å². The Morgan fingerprint density at radius 3 is 2.29 bits per heavy atom. The van der Waals surface area contributed by atoms with Gasteiger partial charge in [0.05, 0.1) is 17.7 Å². The summed E-state index contributed by atoms with van der Waals surface area (Å²) in [6.45, 7) is 7.55. The summed E-state index contributed by atoms with van der Waals surface area (Å²) in [6.07, 6.45) is 0. The predicted octanol–water partition coefficient (Wildman–Crippen LogP) is 5.34. The van der Waals surface area contributed by atoms with Gasteiger partial charge < -0.3 is 14.0 Å². The van der Waals surface area contributed by atoms with E-state index in [9.17, 15) is 9.59 Å². The van der Waals surface area contributed by atoms with E-state index in [-0.39, 0.29) is 19.1 Å². The Morgan fingerprint density at radius 2 is 1.65 bits per heavy atom. The van der Waals surface area contributed by atoms with Crippen molar-refractivity contribution >= 4 is 34.4 Å². The summed E-state index contributed by atoms with van der Waals surface area (Å²) in [7, 11) is 0. The van der Waals surface area contributed by atoms with Crippen LogP contribution in [0.3, 0.4) is 0 Å². The van der Waals surface area contributed by atoms with Crippen LogP contribution in [-0.2, 0) is 9.53 Å². The molecule has 2 aromatic heterocycles. The lowest BCUT2D eigenvalue weighted by Gasteiger charge is -2.12. The van der Waals surface area contributed by atoms with Crippen molar-refractivity contribution < 1.29 is 19.1 Å². The molecular weight excluding hydrogens is 454 g/mol. The summed E-state index contributed by atoms with van der Waals surface area (Å²) >= 11 is 6.06. The molecule has 4 rings (SSSR count). The topological polar surface area (TPSA) is 74.5 Å². The molecule has 176 valence electrons. The summed E-state index contributed by atoms with van der Waals surface area (Å²) < 4.78 is 14.8. The molecule has 34 heavy (non-hydrogen) atoms. The number of carbonyl (C=O) groups is 2. The standard InChI is InChI=1S/C26H26ClN3O4/c1-5-33-26(32)25-18(4)29(20-10-8-19(27)9-11-20)23-13-12-21(14-22(23)25)34-15-24(31)28-30-16(2)6-7-17(30)3/h6-14H,5,15H2,1-4H3,(H,28,31). The number of benzene rings is 2. The van der Waals surface area contributed by atoms with E-state index in [0.29, 0.717) is 21.7 Å². The highest BCUT2D eigenvalue weighted by Gasteiger charge is 2.22. The molecule has 0 unspecified atom stereocenters. The van der Waals surface area contributed by atoms with E-state index in [4.69, 9.17) is 21.1 Å². The maximum atomic E-state index is 12.8. The van der Waals surface area contributed by atoms with Gasteiger partial charge in [-0.15, -0.1) is 0 Å². The molecule has 7 nitrogen and oxygen atoms in total. The number of aromatic nitrogens is 2. The summed E-state index contributed by atoms with van der Waals surface area (Å²) in [5, 5.41) is 1.31. The maximum Gasteiger partial charge on any atom is 0.340 e. The van der Waals surface area contributed by atoms with E-state index in [1.54, 1.807) is 35.9 Å². The van der Waals surface area contributed by atoms with E-state index >= 15 is 0 Å². The first-order valence-corrected chi connectivity index (χ1v) is 11.3. The lowest BCUT2D eigenvalue weighted by molar-refractivity contribution is -0.119. The molecule has 2 aromatic carbocycles. The quantitative estimate of drug-likeness (QED) is 0.363. The van der Waals surface area contributed by atoms with Crippen LogP contribution in [0.4, 0.5) is 0 Å². The lowest BCUT2D eigenvalue weighted by Crippen LogP contribution is -2.29. The Kier molecular flexibility index (Phi) is 6.65. The fourth-order valence-corrected chi connectivity index (χ4v) is 4.15. The molecule has 0 saturated heterocycles. The van der Waals surface area contributed by atoms with Crippen molar-refractivity contribution in [2.45, 2.75) is 27.7 Å². The Morgan fingerprint density at radius 1 is 0.971 bits per heavy atom. The number of fused-ring (bicyclic) bond motifs is 1. The van der Waals surface area contributed by atoms with Gasteiger partial charge in [0.15, 0.2) is 6.61 Å². The van der Waals surface area contributed by atoms with Crippen LogP contribution in [0.1, 0.15) is 34.4 Å². The molecule has 8 heteroatoms. The van der Waals surface area contributed by atoms with Crippen molar-refractivity contribution in [3.05, 3.63) is 82.3 Å². The number of ether oxygens (including phenoxy) is 2. The Balaban J connectivity index is 1.66. The van der Waals surface area contributed by atoms with Crippen LogP contribution in [0.25, 0.3) is 16.6 Å².